The number of nitrogens with zero attached hydrogens (tertiary/aromatic N) is 3. The van der Waals surface area contributed by atoms with Crippen LogP contribution in [-0.4, -0.2) is 39.0 Å². The largest absolute Gasteiger partial charge is 0.439 e. The first-order valence-corrected chi connectivity index (χ1v) is 11.6. The average molecular weight is 450 g/mol. The second kappa shape index (κ2) is 10.8. The summed E-state index contributed by atoms with van der Waals surface area (Å²) in [5, 5.41) is 15.4. The van der Waals surface area contributed by atoms with Gasteiger partial charge in [0.15, 0.2) is 0 Å². The molecule has 0 saturated heterocycles. The van der Waals surface area contributed by atoms with E-state index in [4.69, 9.17) is 9.84 Å². The molecule has 3 aromatic rings. The normalized spacial score (nSPS) is 14.4. The first-order chi connectivity index (χ1) is 16.0. The Morgan fingerprint density at radius 2 is 1.94 bits per heavy atom. The Balaban J connectivity index is 1.65. The summed E-state index contributed by atoms with van der Waals surface area (Å²) in [4.78, 5) is 2.31. The lowest BCUT2D eigenvalue weighted by Crippen LogP contribution is -2.34. The van der Waals surface area contributed by atoms with Crippen LogP contribution in [0.4, 0.5) is 4.39 Å². The first-order valence-electron chi connectivity index (χ1n) is 11.6. The van der Waals surface area contributed by atoms with Crippen molar-refractivity contribution in [3.63, 3.8) is 0 Å². The number of rotatable bonds is 12. The molecule has 1 heterocycles. The van der Waals surface area contributed by atoms with Crippen LogP contribution < -0.4 is 4.74 Å². The molecule has 1 N–H and O–H groups in total. The van der Waals surface area contributed by atoms with E-state index in [1.807, 2.05) is 43.3 Å². The van der Waals surface area contributed by atoms with Crippen LogP contribution in [0.2, 0.25) is 0 Å². The van der Waals surface area contributed by atoms with Crippen LogP contribution in [0.1, 0.15) is 36.9 Å². The van der Waals surface area contributed by atoms with Crippen molar-refractivity contribution in [2.75, 3.05) is 13.1 Å². The summed E-state index contributed by atoms with van der Waals surface area (Å²) in [6.45, 7) is 7.90. The van der Waals surface area contributed by atoms with Gasteiger partial charge in [-0.2, -0.15) is 5.10 Å². The fraction of sp³-hybridized carbons (Fsp3) is 0.370. The van der Waals surface area contributed by atoms with Gasteiger partial charge in [0, 0.05) is 19.6 Å². The van der Waals surface area contributed by atoms with Crippen LogP contribution in [0.5, 0.6) is 11.6 Å². The molecule has 1 aromatic heterocycles. The molecular formula is C27H32FN3O2. The van der Waals surface area contributed by atoms with Crippen molar-refractivity contribution in [3.05, 3.63) is 84.3 Å². The standard InChI is InChI=1S/C27H32FN3O2/c1-3-4-10-24(32)18-30(17-21-11-12-21)19-26-20(2)29-31(23-8-6-5-7-9-23)27(26)33-25-15-13-22(28)14-16-25/h3,5-9,13-16,21,24,32H,1,4,10-12,17-19H2,2H3/t24-/m0/s1. The van der Waals surface area contributed by atoms with Crippen molar-refractivity contribution in [1.29, 1.82) is 0 Å². The summed E-state index contributed by atoms with van der Waals surface area (Å²) < 4.78 is 21.5. The second-order valence-corrected chi connectivity index (χ2v) is 8.83. The highest BCUT2D eigenvalue weighted by molar-refractivity contribution is 5.43. The van der Waals surface area contributed by atoms with Gasteiger partial charge in [0.2, 0.25) is 5.88 Å². The highest BCUT2D eigenvalue weighted by atomic mass is 19.1. The smallest absolute Gasteiger partial charge is 0.227 e. The molecule has 6 heteroatoms. The third-order valence-corrected chi connectivity index (χ3v) is 5.93. The Labute approximate surface area is 195 Å². The fourth-order valence-electron chi connectivity index (χ4n) is 3.98. The van der Waals surface area contributed by atoms with Crippen molar-refractivity contribution in [1.82, 2.24) is 14.7 Å². The maximum atomic E-state index is 13.5. The van der Waals surface area contributed by atoms with Gasteiger partial charge < -0.3 is 9.84 Å². The van der Waals surface area contributed by atoms with Gasteiger partial charge in [-0.1, -0.05) is 24.3 Å². The lowest BCUT2D eigenvalue weighted by molar-refractivity contribution is 0.0991. The van der Waals surface area contributed by atoms with E-state index in [1.165, 1.54) is 25.0 Å². The summed E-state index contributed by atoms with van der Waals surface area (Å²) in [7, 11) is 0. The van der Waals surface area contributed by atoms with Gasteiger partial charge in [0.05, 0.1) is 23.0 Å². The number of aromatic nitrogens is 2. The number of benzene rings is 2. The van der Waals surface area contributed by atoms with Gasteiger partial charge in [-0.3, -0.25) is 4.90 Å². The van der Waals surface area contributed by atoms with Crippen molar-refractivity contribution >= 4 is 0 Å². The summed E-state index contributed by atoms with van der Waals surface area (Å²) in [6, 6.07) is 15.9. The Hall–Kier alpha value is -2.96. The highest BCUT2D eigenvalue weighted by Gasteiger charge is 2.28. The molecule has 0 spiro atoms. The van der Waals surface area contributed by atoms with E-state index in [0.717, 1.165) is 29.9 Å². The molecule has 1 aliphatic rings. The van der Waals surface area contributed by atoms with E-state index in [9.17, 15) is 9.50 Å². The van der Waals surface area contributed by atoms with Crippen LogP contribution in [0.3, 0.4) is 0 Å². The molecule has 0 aliphatic heterocycles. The van der Waals surface area contributed by atoms with Crippen molar-refractivity contribution in [2.45, 2.75) is 45.3 Å². The van der Waals surface area contributed by atoms with Crippen LogP contribution in [-0.2, 0) is 6.54 Å². The molecule has 1 aliphatic carbocycles. The number of hydrogen-bond acceptors (Lipinski definition) is 4. The van der Waals surface area contributed by atoms with Gasteiger partial charge in [-0.25, -0.2) is 9.07 Å². The predicted octanol–water partition coefficient (Wildman–Crippen LogP) is 5.65. The molecule has 174 valence electrons. The molecular weight excluding hydrogens is 417 g/mol. The summed E-state index contributed by atoms with van der Waals surface area (Å²) >= 11 is 0. The van der Waals surface area contributed by atoms with Gasteiger partial charge in [0.25, 0.3) is 0 Å². The zero-order valence-corrected chi connectivity index (χ0v) is 19.2. The number of aliphatic hydroxyl groups excluding tert-OH is 1. The lowest BCUT2D eigenvalue weighted by Gasteiger charge is -2.25. The van der Waals surface area contributed by atoms with E-state index in [2.05, 4.69) is 11.5 Å². The summed E-state index contributed by atoms with van der Waals surface area (Å²) in [5.41, 5.74) is 2.74. The maximum Gasteiger partial charge on any atom is 0.227 e. The lowest BCUT2D eigenvalue weighted by atomic mass is 10.1. The molecule has 0 amide bonds. The summed E-state index contributed by atoms with van der Waals surface area (Å²) in [5.74, 6) is 1.54. The average Bonchev–Trinajstić information content (AvgIpc) is 3.58. The van der Waals surface area contributed by atoms with Gasteiger partial charge in [-0.05, 0) is 74.9 Å². The third kappa shape index (κ3) is 6.30. The van der Waals surface area contributed by atoms with Crippen molar-refractivity contribution in [2.24, 2.45) is 5.92 Å². The Morgan fingerprint density at radius 1 is 1.21 bits per heavy atom. The molecule has 5 nitrogen and oxygen atoms in total. The number of ether oxygens (including phenoxy) is 1. The molecule has 4 rings (SSSR count). The molecule has 33 heavy (non-hydrogen) atoms. The topological polar surface area (TPSA) is 50.5 Å². The number of aliphatic hydroxyl groups is 1. The minimum atomic E-state index is -0.410. The first kappa shape index (κ1) is 23.2. The highest BCUT2D eigenvalue weighted by Crippen LogP contribution is 2.34. The maximum absolute atomic E-state index is 13.5. The Kier molecular flexibility index (Phi) is 7.57. The van der Waals surface area contributed by atoms with E-state index in [0.29, 0.717) is 37.1 Å². The number of allylic oxidation sites excluding steroid dienone is 1. The molecule has 2 aromatic carbocycles. The van der Waals surface area contributed by atoms with E-state index in [-0.39, 0.29) is 5.82 Å². The summed E-state index contributed by atoms with van der Waals surface area (Å²) in [6.07, 6.45) is 5.40. The monoisotopic (exact) mass is 449 g/mol. The van der Waals surface area contributed by atoms with E-state index in [1.54, 1.807) is 16.8 Å². The zero-order chi connectivity index (χ0) is 23.2. The van der Waals surface area contributed by atoms with Crippen molar-refractivity contribution in [3.8, 4) is 17.3 Å². The molecule has 1 fully saturated rings. The van der Waals surface area contributed by atoms with Gasteiger partial charge >= 0.3 is 0 Å². The van der Waals surface area contributed by atoms with Crippen LogP contribution in [0.15, 0.2) is 67.3 Å². The van der Waals surface area contributed by atoms with Crippen LogP contribution in [0.25, 0.3) is 5.69 Å². The number of halogens is 1. The van der Waals surface area contributed by atoms with Crippen LogP contribution in [0, 0.1) is 18.7 Å². The number of para-hydroxylation sites is 1. The van der Waals surface area contributed by atoms with Gasteiger partial charge in [0.1, 0.15) is 11.6 Å². The number of aryl methyl sites for hydroxylation is 1. The fourth-order valence-corrected chi connectivity index (χ4v) is 3.98. The molecule has 1 atom stereocenters. The van der Waals surface area contributed by atoms with E-state index >= 15 is 0 Å². The Morgan fingerprint density at radius 3 is 2.61 bits per heavy atom. The molecule has 1 saturated carbocycles. The zero-order valence-electron chi connectivity index (χ0n) is 19.2. The quantitative estimate of drug-likeness (QED) is 0.363. The minimum absolute atomic E-state index is 0.306. The molecule has 0 bridgehead atoms. The third-order valence-electron chi connectivity index (χ3n) is 5.93. The van der Waals surface area contributed by atoms with Crippen LogP contribution >= 0.6 is 0 Å². The number of hydrogen-bond donors (Lipinski definition) is 1. The van der Waals surface area contributed by atoms with Gasteiger partial charge in [-0.15, -0.1) is 6.58 Å². The second-order valence-electron chi connectivity index (χ2n) is 8.83. The Bertz CT molecular complexity index is 1050. The van der Waals surface area contributed by atoms with Crippen molar-refractivity contribution < 1.29 is 14.2 Å². The molecule has 0 unspecified atom stereocenters. The molecule has 0 radical (unpaired) electrons. The van der Waals surface area contributed by atoms with E-state index < -0.39 is 6.10 Å². The SMILES string of the molecule is C=CCC[C@H](O)CN(Cc1c(C)nn(-c2ccccc2)c1Oc1ccc(F)cc1)CC1CC1. The predicted molar refractivity (Wildman–Crippen MR) is 128 cm³/mol. The minimum Gasteiger partial charge on any atom is -0.439 e.